The average molecular weight is 380 g/mol. The Balaban J connectivity index is 1.76. The SMILES string of the molecule is CC(Oc1cccc(Cl)c1)c1nc(-c2ccc(Br)cc2)no1. The van der Waals surface area contributed by atoms with Crippen molar-refractivity contribution < 1.29 is 9.26 Å². The third kappa shape index (κ3) is 3.48. The maximum absolute atomic E-state index is 5.94. The first kappa shape index (κ1) is 15.1. The van der Waals surface area contributed by atoms with Crippen LogP contribution in [0.2, 0.25) is 5.02 Å². The second-order valence-corrected chi connectivity index (χ2v) is 6.03. The van der Waals surface area contributed by atoms with Crippen molar-refractivity contribution in [1.29, 1.82) is 0 Å². The highest BCUT2D eigenvalue weighted by molar-refractivity contribution is 9.10. The van der Waals surface area contributed by atoms with Crippen molar-refractivity contribution in [3.8, 4) is 17.1 Å². The molecule has 1 heterocycles. The van der Waals surface area contributed by atoms with Gasteiger partial charge in [-0.25, -0.2) is 0 Å². The molecule has 6 heteroatoms. The third-order valence-corrected chi connectivity index (χ3v) is 3.76. The highest BCUT2D eigenvalue weighted by Crippen LogP contribution is 2.25. The lowest BCUT2D eigenvalue weighted by atomic mass is 10.2. The van der Waals surface area contributed by atoms with Gasteiger partial charge in [-0.3, -0.25) is 0 Å². The Bertz CT molecular complexity index is 774. The maximum atomic E-state index is 5.94. The molecule has 0 bridgehead atoms. The predicted molar refractivity (Wildman–Crippen MR) is 87.9 cm³/mol. The molecule has 0 saturated carbocycles. The predicted octanol–water partition coefficient (Wildman–Crippen LogP) is 5.29. The van der Waals surface area contributed by atoms with E-state index in [9.17, 15) is 0 Å². The minimum Gasteiger partial charge on any atom is -0.481 e. The van der Waals surface area contributed by atoms with E-state index in [2.05, 4.69) is 26.1 Å². The molecule has 4 nitrogen and oxygen atoms in total. The molecule has 0 aliphatic rings. The van der Waals surface area contributed by atoms with Gasteiger partial charge in [-0.05, 0) is 49.4 Å². The Morgan fingerprint density at radius 2 is 1.95 bits per heavy atom. The molecule has 0 aliphatic heterocycles. The summed E-state index contributed by atoms with van der Waals surface area (Å²) in [6.07, 6.45) is -0.366. The summed E-state index contributed by atoms with van der Waals surface area (Å²) >= 11 is 9.33. The molecule has 2 aromatic carbocycles. The largest absolute Gasteiger partial charge is 0.481 e. The van der Waals surface area contributed by atoms with Gasteiger partial charge < -0.3 is 9.26 Å². The van der Waals surface area contributed by atoms with Gasteiger partial charge in [0.2, 0.25) is 5.82 Å². The number of nitrogens with zero attached hydrogens (tertiary/aromatic N) is 2. The Labute approximate surface area is 141 Å². The van der Waals surface area contributed by atoms with Gasteiger partial charge in [0.05, 0.1) is 0 Å². The number of hydrogen-bond donors (Lipinski definition) is 0. The molecule has 1 atom stereocenters. The number of ether oxygens (including phenoxy) is 1. The zero-order chi connectivity index (χ0) is 15.5. The van der Waals surface area contributed by atoms with Crippen LogP contribution in [0.5, 0.6) is 5.75 Å². The maximum Gasteiger partial charge on any atom is 0.267 e. The minimum absolute atomic E-state index is 0.366. The van der Waals surface area contributed by atoms with E-state index in [1.54, 1.807) is 12.1 Å². The van der Waals surface area contributed by atoms with Crippen LogP contribution in [0.3, 0.4) is 0 Å². The molecular formula is C16H12BrClN2O2. The van der Waals surface area contributed by atoms with Crippen molar-refractivity contribution in [3.05, 3.63) is 63.9 Å². The van der Waals surface area contributed by atoms with Crippen LogP contribution in [0, 0.1) is 0 Å². The van der Waals surface area contributed by atoms with Gasteiger partial charge >= 0.3 is 0 Å². The summed E-state index contributed by atoms with van der Waals surface area (Å²) in [4.78, 5) is 4.38. The van der Waals surface area contributed by atoms with E-state index >= 15 is 0 Å². The van der Waals surface area contributed by atoms with Crippen molar-refractivity contribution in [2.75, 3.05) is 0 Å². The van der Waals surface area contributed by atoms with Crippen molar-refractivity contribution in [2.45, 2.75) is 13.0 Å². The molecule has 0 N–H and O–H groups in total. The number of benzene rings is 2. The molecule has 3 aromatic rings. The minimum atomic E-state index is -0.366. The Kier molecular flexibility index (Phi) is 4.45. The van der Waals surface area contributed by atoms with Crippen LogP contribution < -0.4 is 4.74 Å². The van der Waals surface area contributed by atoms with E-state index in [1.165, 1.54) is 0 Å². The number of rotatable bonds is 4. The van der Waals surface area contributed by atoms with Crippen LogP contribution in [0.1, 0.15) is 18.9 Å². The summed E-state index contributed by atoms with van der Waals surface area (Å²) < 4.78 is 12.0. The highest BCUT2D eigenvalue weighted by Gasteiger charge is 2.17. The van der Waals surface area contributed by atoms with Crippen LogP contribution in [-0.4, -0.2) is 10.1 Å². The molecule has 1 aromatic heterocycles. The van der Waals surface area contributed by atoms with Gasteiger partial charge in [0.25, 0.3) is 5.89 Å². The fourth-order valence-corrected chi connectivity index (χ4v) is 2.36. The van der Waals surface area contributed by atoms with Crippen molar-refractivity contribution in [3.63, 3.8) is 0 Å². The fourth-order valence-electron chi connectivity index (χ4n) is 1.91. The van der Waals surface area contributed by atoms with Crippen LogP contribution in [0.4, 0.5) is 0 Å². The van der Waals surface area contributed by atoms with Crippen molar-refractivity contribution in [2.24, 2.45) is 0 Å². The summed E-state index contributed by atoms with van der Waals surface area (Å²) in [7, 11) is 0. The third-order valence-electron chi connectivity index (χ3n) is 3.00. The summed E-state index contributed by atoms with van der Waals surface area (Å²) in [6.45, 7) is 1.85. The quantitative estimate of drug-likeness (QED) is 0.618. The van der Waals surface area contributed by atoms with Gasteiger partial charge in [0.1, 0.15) is 5.75 Å². The van der Waals surface area contributed by atoms with E-state index in [-0.39, 0.29) is 6.10 Å². The number of aromatic nitrogens is 2. The molecule has 0 aliphatic carbocycles. The van der Waals surface area contributed by atoms with Crippen LogP contribution in [0.25, 0.3) is 11.4 Å². The average Bonchev–Trinajstić information content (AvgIpc) is 2.98. The van der Waals surface area contributed by atoms with Gasteiger partial charge in [-0.2, -0.15) is 4.98 Å². The van der Waals surface area contributed by atoms with Gasteiger partial charge in [0, 0.05) is 15.1 Å². The molecular weight excluding hydrogens is 368 g/mol. The summed E-state index contributed by atoms with van der Waals surface area (Å²) in [5.41, 5.74) is 0.883. The van der Waals surface area contributed by atoms with Gasteiger partial charge in [-0.1, -0.05) is 38.8 Å². The lowest BCUT2D eigenvalue weighted by Crippen LogP contribution is -2.03. The standard InChI is InChI=1S/C16H12BrClN2O2/c1-10(21-14-4-2-3-13(18)9-14)16-19-15(20-22-16)11-5-7-12(17)8-6-11/h2-10H,1H3. The monoisotopic (exact) mass is 378 g/mol. The van der Waals surface area contributed by atoms with E-state index in [0.717, 1.165) is 10.0 Å². The first-order valence-electron chi connectivity index (χ1n) is 6.63. The first-order chi connectivity index (χ1) is 10.6. The zero-order valence-corrected chi connectivity index (χ0v) is 14.0. The normalized spacial score (nSPS) is 12.1. The van der Waals surface area contributed by atoms with Crippen LogP contribution in [-0.2, 0) is 0 Å². The van der Waals surface area contributed by atoms with E-state index in [4.69, 9.17) is 20.9 Å². The smallest absolute Gasteiger partial charge is 0.267 e. The molecule has 22 heavy (non-hydrogen) atoms. The first-order valence-corrected chi connectivity index (χ1v) is 7.81. The van der Waals surface area contributed by atoms with E-state index < -0.39 is 0 Å². The molecule has 0 spiro atoms. The van der Waals surface area contributed by atoms with Crippen LogP contribution in [0.15, 0.2) is 57.5 Å². The number of hydrogen-bond acceptors (Lipinski definition) is 4. The summed E-state index contributed by atoms with van der Waals surface area (Å²) in [6, 6.07) is 14.9. The zero-order valence-electron chi connectivity index (χ0n) is 11.7. The summed E-state index contributed by atoms with van der Waals surface area (Å²) in [5.74, 6) is 1.60. The Morgan fingerprint density at radius 1 is 1.18 bits per heavy atom. The number of halogens is 2. The van der Waals surface area contributed by atoms with Crippen molar-refractivity contribution >= 4 is 27.5 Å². The summed E-state index contributed by atoms with van der Waals surface area (Å²) in [5, 5.41) is 4.61. The highest BCUT2D eigenvalue weighted by atomic mass is 79.9. The molecule has 0 amide bonds. The molecule has 0 saturated heterocycles. The van der Waals surface area contributed by atoms with Crippen LogP contribution >= 0.6 is 27.5 Å². The Morgan fingerprint density at radius 3 is 2.68 bits per heavy atom. The second-order valence-electron chi connectivity index (χ2n) is 4.68. The molecule has 1 unspecified atom stereocenters. The van der Waals surface area contributed by atoms with Crippen molar-refractivity contribution in [1.82, 2.24) is 10.1 Å². The lowest BCUT2D eigenvalue weighted by molar-refractivity contribution is 0.176. The Hall–Kier alpha value is -1.85. The molecule has 0 fully saturated rings. The van der Waals surface area contributed by atoms with E-state index in [1.807, 2.05) is 43.3 Å². The topological polar surface area (TPSA) is 48.2 Å². The van der Waals surface area contributed by atoms with Gasteiger partial charge in [-0.15, -0.1) is 0 Å². The second kappa shape index (κ2) is 6.50. The fraction of sp³-hybridized carbons (Fsp3) is 0.125. The molecule has 112 valence electrons. The molecule has 3 rings (SSSR count). The lowest BCUT2D eigenvalue weighted by Gasteiger charge is -2.10. The van der Waals surface area contributed by atoms with Gasteiger partial charge in [0.15, 0.2) is 6.10 Å². The van der Waals surface area contributed by atoms with E-state index in [0.29, 0.717) is 22.5 Å². The molecule has 0 radical (unpaired) electrons.